The summed E-state index contributed by atoms with van der Waals surface area (Å²) in [6.07, 6.45) is 0. The maximum atomic E-state index is 12.8. The van der Waals surface area contributed by atoms with Gasteiger partial charge in [-0.15, -0.1) is 0 Å². The van der Waals surface area contributed by atoms with E-state index in [4.69, 9.17) is 18.0 Å². The zero-order valence-electron chi connectivity index (χ0n) is 8.90. The van der Waals surface area contributed by atoms with Gasteiger partial charge in [-0.1, -0.05) is 0 Å². The highest BCUT2D eigenvalue weighted by Crippen LogP contribution is 2.16. The number of hydrogen-bond donors (Lipinski definition) is 1. The Morgan fingerprint density at radius 1 is 1.12 bits per heavy atom. The fraction of sp³-hybridized carbons (Fsp3) is 0.364. The topological polar surface area (TPSA) is 32.5 Å². The predicted octanol–water partition coefficient (Wildman–Crippen LogP) is 1.19. The van der Waals surface area contributed by atoms with E-state index >= 15 is 0 Å². The van der Waals surface area contributed by atoms with Crippen molar-refractivity contribution in [3.8, 4) is 0 Å². The molecule has 0 saturated carbocycles. The average Bonchev–Trinajstić information content (AvgIpc) is 2.30. The number of piperazine rings is 1. The molecule has 1 aliphatic heterocycles. The Kier molecular flexibility index (Phi) is 3.24. The predicted molar refractivity (Wildman–Crippen MR) is 67.0 cm³/mol. The highest BCUT2D eigenvalue weighted by molar-refractivity contribution is 7.80. The van der Waals surface area contributed by atoms with E-state index in [0.717, 1.165) is 31.9 Å². The summed E-state index contributed by atoms with van der Waals surface area (Å²) in [6.45, 7) is 3.38. The first kappa shape index (κ1) is 11.1. The van der Waals surface area contributed by atoms with Crippen LogP contribution in [0.15, 0.2) is 24.3 Å². The Labute approximate surface area is 99.6 Å². The van der Waals surface area contributed by atoms with Crippen molar-refractivity contribution in [2.45, 2.75) is 0 Å². The van der Waals surface area contributed by atoms with E-state index in [-0.39, 0.29) is 5.82 Å². The van der Waals surface area contributed by atoms with E-state index in [1.165, 1.54) is 12.1 Å². The minimum atomic E-state index is -0.203. The molecule has 0 bridgehead atoms. The second kappa shape index (κ2) is 4.65. The van der Waals surface area contributed by atoms with Gasteiger partial charge >= 0.3 is 0 Å². The lowest BCUT2D eigenvalue weighted by Gasteiger charge is -2.36. The molecule has 0 atom stereocenters. The SMILES string of the molecule is NC(=S)N1CCN(c2ccc(F)cc2)CC1. The first-order valence-corrected chi connectivity index (χ1v) is 5.62. The third-order valence-corrected chi connectivity index (χ3v) is 3.04. The minimum absolute atomic E-state index is 0.203. The van der Waals surface area contributed by atoms with Crippen molar-refractivity contribution >= 4 is 23.0 Å². The number of anilines is 1. The standard InChI is InChI=1S/C11H14FN3S/c12-9-1-3-10(4-2-9)14-5-7-15(8-6-14)11(13)16/h1-4H,5-8H2,(H2,13,16). The van der Waals surface area contributed by atoms with Crippen LogP contribution in [0.5, 0.6) is 0 Å². The molecule has 86 valence electrons. The molecule has 1 saturated heterocycles. The Morgan fingerprint density at radius 3 is 2.19 bits per heavy atom. The fourth-order valence-electron chi connectivity index (χ4n) is 1.84. The molecular formula is C11H14FN3S. The molecule has 5 heteroatoms. The van der Waals surface area contributed by atoms with Crippen LogP contribution in [0.3, 0.4) is 0 Å². The lowest BCUT2D eigenvalue weighted by Crippen LogP contribution is -2.50. The van der Waals surface area contributed by atoms with Crippen LogP contribution in [0.1, 0.15) is 0 Å². The van der Waals surface area contributed by atoms with Gasteiger partial charge in [-0.3, -0.25) is 0 Å². The van der Waals surface area contributed by atoms with Gasteiger partial charge in [0.2, 0.25) is 0 Å². The van der Waals surface area contributed by atoms with Crippen molar-refractivity contribution < 1.29 is 4.39 Å². The van der Waals surface area contributed by atoms with Crippen LogP contribution >= 0.6 is 12.2 Å². The van der Waals surface area contributed by atoms with Crippen LogP contribution < -0.4 is 10.6 Å². The van der Waals surface area contributed by atoms with E-state index in [0.29, 0.717) is 5.11 Å². The van der Waals surface area contributed by atoms with Gasteiger partial charge in [-0.05, 0) is 36.5 Å². The second-order valence-electron chi connectivity index (χ2n) is 3.79. The van der Waals surface area contributed by atoms with Crippen LogP contribution in [0, 0.1) is 5.82 Å². The number of halogens is 1. The maximum Gasteiger partial charge on any atom is 0.166 e. The summed E-state index contributed by atoms with van der Waals surface area (Å²) in [5.74, 6) is -0.203. The Bertz CT molecular complexity index is 371. The van der Waals surface area contributed by atoms with Crippen LogP contribution in [0.2, 0.25) is 0 Å². The molecule has 1 aliphatic rings. The number of nitrogens with two attached hydrogens (primary N) is 1. The van der Waals surface area contributed by atoms with Gasteiger partial charge in [0.05, 0.1) is 0 Å². The summed E-state index contributed by atoms with van der Waals surface area (Å²) in [6, 6.07) is 6.56. The number of nitrogens with zero attached hydrogens (tertiary/aromatic N) is 2. The molecule has 16 heavy (non-hydrogen) atoms. The monoisotopic (exact) mass is 239 g/mol. The number of rotatable bonds is 1. The van der Waals surface area contributed by atoms with E-state index in [1.807, 2.05) is 4.90 Å². The first-order valence-electron chi connectivity index (χ1n) is 5.22. The van der Waals surface area contributed by atoms with Crippen LogP contribution in [-0.4, -0.2) is 36.2 Å². The number of thiocarbonyl (C=S) groups is 1. The van der Waals surface area contributed by atoms with Crippen molar-refractivity contribution in [1.82, 2.24) is 4.90 Å². The Morgan fingerprint density at radius 2 is 1.69 bits per heavy atom. The average molecular weight is 239 g/mol. The quantitative estimate of drug-likeness (QED) is 0.746. The smallest absolute Gasteiger partial charge is 0.166 e. The lowest BCUT2D eigenvalue weighted by atomic mass is 10.2. The van der Waals surface area contributed by atoms with Gasteiger partial charge < -0.3 is 15.5 Å². The summed E-state index contributed by atoms with van der Waals surface area (Å²) in [5.41, 5.74) is 6.61. The lowest BCUT2D eigenvalue weighted by molar-refractivity contribution is 0.388. The van der Waals surface area contributed by atoms with Gasteiger partial charge in [0.1, 0.15) is 5.82 Å². The van der Waals surface area contributed by atoms with Gasteiger partial charge in [0.15, 0.2) is 5.11 Å². The molecule has 0 spiro atoms. The first-order chi connectivity index (χ1) is 7.66. The summed E-state index contributed by atoms with van der Waals surface area (Å²) in [4.78, 5) is 4.18. The van der Waals surface area contributed by atoms with Crippen molar-refractivity contribution in [1.29, 1.82) is 0 Å². The molecule has 1 fully saturated rings. The molecule has 0 unspecified atom stereocenters. The second-order valence-corrected chi connectivity index (χ2v) is 4.21. The fourth-order valence-corrected chi connectivity index (χ4v) is 2.02. The molecular weight excluding hydrogens is 225 g/mol. The van der Waals surface area contributed by atoms with Crippen LogP contribution in [0.25, 0.3) is 0 Å². The van der Waals surface area contributed by atoms with Crippen molar-refractivity contribution in [3.05, 3.63) is 30.1 Å². The van der Waals surface area contributed by atoms with Gasteiger partial charge in [-0.25, -0.2) is 4.39 Å². The van der Waals surface area contributed by atoms with E-state index < -0.39 is 0 Å². The van der Waals surface area contributed by atoms with Crippen LogP contribution in [-0.2, 0) is 0 Å². The van der Waals surface area contributed by atoms with Gasteiger partial charge in [0.25, 0.3) is 0 Å². The van der Waals surface area contributed by atoms with Crippen molar-refractivity contribution in [2.24, 2.45) is 5.73 Å². The van der Waals surface area contributed by atoms with Crippen LogP contribution in [0.4, 0.5) is 10.1 Å². The summed E-state index contributed by atoms with van der Waals surface area (Å²) < 4.78 is 12.8. The van der Waals surface area contributed by atoms with E-state index in [9.17, 15) is 4.39 Å². The third kappa shape index (κ3) is 2.41. The van der Waals surface area contributed by atoms with Gasteiger partial charge in [0, 0.05) is 31.9 Å². The minimum Gasteiger partial charge on any atom is -0.376 e. The molecule has 1 aromatic rings. The summed E-state index contributed by atoms with van der Waals surface area (Å²) in [7, 11) is 0. The Hall–Kier alpha value is -1.36. The molecule has 3 nitrogen and oxygen atoms in total. The summed E-state index contributed by atoms with van der Waals surface area (Å²) >= 11 is 4.92. The summed E-state index contributed by atoms with van der Waals surface area (Å²) in [5, 5.41) is 0.457. The molecule has 1 aromatic carbocycles. The van der Waals surface area contributed by atoms with Crippen molar-refractivity contribution in [3.63, 3.8) is 0 Å². The third-order valence-electron chi connectivity index (χ3n) is 2.78. The highest BCUT2D eigenvalue weighted by Gasteiger charge is 2.17. The molecule has 0 aromatic heterocycles. The van der Waals surface area contributed by atoms with Crippen molar-refractivity contribution in [2.75, 3.05) is 31.1 Å². The maximum absolute atomic E-state index is 12.8. The number of benzene rings is 1. The molecule has 2 rings (SSSR count). The largest absolute Gasteiger partial charge is 0.376 e. The molecule has 2 N–H and O–H groups in total. The molecule has 0 amide bonds. The highest BCUT2D eigenvalue weighted by atomic mass is 32.1. The van der Waals surface area contributed by atoms with E-state index in [1.54, 1.807) is 12.1 Å². The van der Waals surface area contributed by atoms with E-state index in [2.05, 4.69) is 4.90 Å². The molecule has 0 aliphatic carbocycles. The number of hydrogen-bond acceptors (Lipinski definition) is 2. The molecule has 1 heterocycles. The Balaban J connectivity index is 1.99. The van der Waals surface area contributed by atoms with Gasteiger partial charge in [-0.2, -0.15) is 0 Å². The zero-order chi connectivity index (χ0) is 11.5. The normalized spacial score (nSPS) is 16.3. The molecule has 0 radical (unpaired) electrons. The zero-order valence-corrected chi connectivity index (χ0v) is 9.71.